The number of hydrogen-bond donors (Lipinski definition) is 1. The Morgan fingerprint density at radius 3 is 2.58 bits per heavy atom. The van der Waals surface area contributed by atoms with Crippen LogP contribution in [0, 0.1) is 6.92 Å². The molecule has 12 heavy (non-hydrogen) atoms. The third kappa shape index (κ3) is 2.61. The maximum atomic E-state index is 3.31. The minimum Gasteiger partial charge on any atom is -0.314 e. The largest absolute Gasteiger partial charge is 0.314 e. The second kappa shape index (κ2) is 3.58. The molecule has 0 aromatic carbocycles. The van der Waals surface area contributed by atoms with E-state index in [0.29, 0.717) is 0 Å². The summed E-state index contributed by atoms with van der Waals surface area (Å²) in [4.78, 5) is 1.46. The van der Waals surface area contributed by atoms with Gasteiger partial charge in [-0.1, -0.05) is 0 Å². The molecular weight excluding hydrogens is 166 g/mol. The molecule has 0 spiro atoms. The van der Waals surface area contributed by atoms with E-state index in [-0.39, 0.29) is 5.54 Å². The summed E-state index contributed by atoms with van der Waals surface area (Å²) < 4.78 is 0. The van der Waals surface area contributed by atoms with Gasteiger partial charge in [0.05, 0.1) is 0 Å². The van der Waals surface area contributed by atoms with Gasteiger partial charge in [0, 0.05) is 10.4 Å². The van der Waals surface area contributed by atoms with Crippen molar-refractivity contribution in [2.24, 2.45) is 0 Å². The van der Waals surface area contributed by atoms with Crippen LogP contribution in [0.15, 0.2) is 11.4 Å². The highest BCUT2D eigenvalue weighted by Crippen LogP contribution is 2.19. The van der Waals surface area contributed by atoms with Crippen LogP contribution in [-0.4, -0.2) is 12.6 Å². The first kappa shape index (κ1) is 9.75. The molecule has 0 radical (unpaired) electrons. The molecule has 0 atom stereocenters. The zero-order chi connectivity index (χ0) is 9.19. The van der Waals surface area contributed by atoms with Crippen LogP contribution < -0.4 is 5.32 Å². The second-order valence-corrected chi connectivity index (χ2v) is 4.90. The fourth-order valence-electron chi connectivity index (χ4n) is 1.11. The van der Waals surface area contributed by atoms with Crippen LogP contribution in [0.25, 0.3) is 0 Å². The zero-order valence-electron chi connectivity index (χ0n) is 8.27. The second-order valence-electron chi connectivity index (χ2n) is 3.90. The summed E-state index contributed by atoms with van der Waals surface area (Å²) in [5.74, 6) is 0. The van der Waals surface area contributed by atoms with Crippen LogP contribution in [0.2, 0.25) is 0 Å². The van der Waals surface area contributed by atoms with E-state index < -0.39 is 0 Å². The molecule has 0 saturated carbocycles. The van der Waals surface area contributed by atoms with Gasteiger partial charge in [-0.3, -0.25) is 0 Å². The van der Waals surface area contributed by atoms with Gasteiger partial charge in [0.1, 0.15) is 0 Å². The highest BCUT2D eigenvalue weighted by Gasteiger charge is 2.15. The van der Waals surface area contributed by atoms with Gasteiger partial charge in [0.2, 0.25) is 0 Å². The van der Waals surface area contributed by atoms with Gasteiger partial charge in [0.15, 0.2) is 0 Å². The summed E-state index contributed by atoms with van der Waals surface area (Å²) in [6, 6.07) is 2.27. The van der Waals surface area contributed by atoms with E-state index in [2.05, 4.69) is 37.5 Å². The first-order chi connectivity index (χ1) is 5.53. The van der Waals surface area contributed by atoms with Crippen molar-refractivity contribution in [1.82, 2.24) is 5.32 Å². The minimum absolute atomic E-state index is 0.220. The number of nitrogens with one attached hydrogen (secondary N) is 1. The van der Waals surface area contributed by atoms with Crippen LogP contribution >= 0.6 is 11.3 Å². The van der Waals surface area contributed by atoms with E-state index >= 15 is 0 Å². The predicted molar refractivity (Wildman–Crippen MR) is 55.9 cm³/mol. The lowest BCUT2D eigenvalue weighted by molar-refractivity contribution is 0.425. The summed E-state index contributed by atoms with van der Waals surface area (Å²) in [7, 11) is 2.01. The van der Waals surface area contributed by atoms with Gasteiger partial charge < -0.3 is 5.32 Å². The van der Waals surface area contributed by atoms with Crippen LogP contribution in [0.5, 0.6) is 0 Å². The van der Waals surface area contributed by atoms with Gasteiger partial charge >= 0.3 is 0 Å². The number of likely N-dealkylation sites (N-methyl/N-ethyl adjacent to an activating group) is 1. The summed E-state index contributed by atoms with van der Waals surface area (Å²) >= 11 is 1.85. The predicted octanol–water partition coefficient (Wildman–Crippen LogP) is 2.60. The fourth-order valence-corrected chi connectivity index (χ4v) is 2.21. The average Bonchev–Trinajstić information content (AvgIpc) is 2.35. The van der Waals surface area contributed by atoms with E-state index in [1.807, 2.05) is 18.4 Å². The summed E-state index contributed by atoms with van der Waals surface area (Å²) in [5, 5.41) is 5.52. The van der Waals surface area contributed by atoms with Crippen molar-refractivity contribution in [3.8, 4) is 0 Å². The smallest absolute Gasteiger partial charge is 0.0170 e. The van der Waals surface area contributed by atoms with Crippen molar-refractivity contribution in [3.63, 3.8) is 0 Å². The summed E-state index contributed by atoms with van der Waals surface area (Å²) in [6.07, 6.45) is 1.11. The standard InChI is InChI=1S/C10H17NS/c1-8-5-9(12-7-8)6-10(2,3)11-4/h5,7,11H,6H2,1-4H3. The van der Waals surface area contributed by atoms with Gasteiger partial charge in [0.25, 0.3) is 0 Å². The molecule has 0 aliphatic heterocycles. The van der Waals surface area contributed by atoms with Crippen LogP contribution in [0.4, 0.5) is 0 Å². The molecule has 2 heteroatoms. The van der Waals surface area contributed by atoms with E-state index in [0.717, 1.165) is 6.42 Å². The third-order valence-corrected chi connectivity index (χ3v) is 3.13. The van der Waals surface area contributed by atoms with Crippen LogP contribution in [0.1, 0.15) is 24.3 Å². The van der Waals surface area contributed by atoms with E-state index in [1.54, 1.807) is 0 Å². The lowest BCUT2D eigenvalue weighted by Crippen LogP contribution is -2.38. The Kier molecular flexibility index (Phi) is 2.91. The van der Waals surface area contributed by atoms with Crippen LogP contribution in [-0.2, 0) is 6.42 Å². The molecule has 1 nitrogen and oxygen atoms in total. The number of thiophene rings is 1. The van der Waals surface area contributed by atoms with E-state index in [1.165, 1.54) is 10.4 Å². The Morgan fingerprint density at radius 1 is 1.50 bits per heavy atom. The maximum absolute atomic E-state index is 3.31. The van der Waals surface area contributed by atoms with Gasteiger partial charge in [-0.05, 0) is 51.2 Å². The Labute approximate surface area is 78.8 Å². The molecule has 1 aromatic heterocycles. The van der Waals surface area contributed by atoms with E-state index in [9.17, 15) is 0 Å². The molecule has 0 saturated heterocycles. The molecule has 68 valence electrons. The SMILES string of the molecule is CNC(C)(C)Cc1cc(C)cs1. The Bertz CT molecular complexity index is 250. The van der Waals surface area contributed by atoms with Crippen molar-refractivity contribution < 1.29 is 0 Å². The topological polar surface area (TPSA) is 12.0 Å². The van der Waals surface area contributed by atoms with Gasteiger partial charge in [-0.2, -0.15) is 0 Å². The quantitative estimate of drug-likeness (QED) is 0.759. The summed E-state index contributed by atoms with van der Waals surface area (Å²) in [5.41, 5.74) is 1.60. The Hall–Kier alpha value is -0.340. The van der Waals surface area contributed by atoms with Gasteiger partial charge in [-0.15, -0.1) is 11.3 Å². The molecule has 0 bridgehead atoms. The Balaban J connectivity index is 2.63. The first-order valence-corrected chi connectivity index (χ1v) is 5.14. The highest BCUT2D eigenvalue weighted by molar-refractivity contribution is 7.10. The number of aryl methyl sites for hydroxylation is 1. The molecule has 1 heterocycles. The van der Waals surface area contributed by atoms with E-state index in [4.69, 9.17) is 0 Å². The monoisotopic (exact) mass is 183 g/mol. The van der Waals surface area contributed by atoms with Crippen molar-refractivity contribution >= 4 is 11.3 Å². The van der Waals surface area contributed by atoms with Crippen molar-refractivity contribution in [3.05, 3.63) is 21.9 Å². The van der Waals surface area contributed by atoms with Crippen molar-refractivity contribution in [1.29, 1.82) is 0 Å². The lowest BCUT2D eigenvalue weighted by atomic mass is 10.00. The van der Waals surface area contributed by atoms with Gasteiger partial charge in [-0.25, -0.2) is 0 Å². The van der Waals surface area contributed by atoms with Crippen molar-refractivity contribution in [2.75, 3.05) is 7.05 Å². The molecule has 1 N–H and O–H groups in total. The maximum Gasteiger partial charge on any atom is 0.0170 e. The molecule has 0 unspecified atom stereocenters. The van der Waals surface area contributed by atoms with Crippen LogP contribution in [0.3, 0.4) is 0 Å². The average molecular weight is 183 g/mol. The first-order valence-electron chi connectivity index (χ1n) is 4.26. The molecule has 0 amide bonds. The molecule has 0 fully saturated rings. The third-order valence-electron chi connectivity index (χ3n) is 2.08. The zero-order valence-corrected chi connectivity index (χ0v) is 9.09. The van der Waals surface area contributed by atoms with Crippen molar-refractivity contribution in [2.45, 2.75) is 32.7 Å². The minimum atomic E-state index is 0.220. The Morgan fingerprint density at radius 2 is 2.17 bits per heavy atom. The fraction of sp³-hybridized carbons (Fsp3) is 0.600. The molecule has 0 aliphatic rings. The summed E-state index contributed by atoms with van der Waals surface area (Å²) in [6.45, 7) is 6.59. The molecule has 0 aliphatic carbocycles. The molecular formula is C10H17NS. The number of rotatable bonds is 3. The lowest BCUT2D eigenvalue weighted by Gasteiger charge is -2.22. The molecule has 1 aromatic rings. The normalized spacial score (nSPS) is 12.0. The highest BCUT2D eigenvalue weighted by atomic mass is 32.1. The number of hydrogen-bond acceptors (Lipinski definition) is 2. The molecule has 1 rings (SSSR count).